The summed E-state index contributed by atoms with van der Waals surface area (Å²) in [6, 6.07) is 16.3. The second-order valence-electron chi connectivity index (χ2n) is 6.94. The van der Waals surface area contributed by atoms with Crippen LogP contribution in [-0.4, -0.2) is 37.6 Å². The fourth-order valence-corrected chi connectivity index (χ4v) is 4.58. The standard InChI is InChI=1S/C21H28NO4S/c1-16(2)15-22(21(17(3)23)14-18-8-6-5-7-9-18)27(24,25)20-12-10-19(26-4)11-13-20/h5-13,16-17,23H,14-15H2,1-4H3/t17-/m1/s1. The first-order valence-corrected chi connectivity index (χ1v) is 10.4. The highest BCUT2D eigenvalue weighted by atomic mass is 32.2. The predicted molar refractivity (Wildman–Crippen MR) is 107 cm³/mol. The third-order valence-electron chi connectivity index (χ3n) is 4.21. The SMILES string of the molecule is COc1ccc(S(=O)(=O)N(CC(C)C)[C](Cc2ccccc2)[C@@H](C)O)cc1. The van der Waals surface area contributed by atoms with Crippen molar-refractivity contribution in [2.75, 3.05) is 13.7 Å². The molecule has 5 nitrogen and oxygen atoms in total. The Bertz CT molecular complexity index is 802. The molecule has 6 heteroatoms. The van der Waals surface area contributed by atoms with Crippen molar-refractivity contribution in [3.63, 3.8) is 0 Å². The van der Waals surface area contributed by atoms with Crippen molar-refractivity contribution < 1.29 is 18.3 Å². The van der Waals surface area contributed by atoms with E-state index in [1.54, 1.807) is 19.1 Å². The third-order valence-corrected chi connectivity index (χ3v) is 6.04. The summed E-state index contributed by atoms with van der Waals surface area (Å²) in [5.74, 6) is 0.691. The van der Waals surface area contributed by atoms with E-state index in [0.29, 0.717) is 24.8 Å². The van der Waals surface area contributed by atoms with E-state index < -0.39 is 16.1 Å². The van der Waals surface area contributed by atoms with Gasteiger partial charge in [-0.3, -0.25) is 0 Å². The Morgan fingerprint density at radius 2 is 1.63 bits per heavy atom. The summed E-state index contributed by atoms with van der Waals surface area (Å²) in [6.45, 7) is 5.81. The average molecular weight is 391 g/mol. The summed E-state index contributed by atoms with van der Waals surface area (Å²) in [5, 5.41) is 10.4. The van der Waals surface area contributed by atoms with Crippen LogP contribution in [0.15, 0.2) is 59.5 Å². The molecule has 2 aromatic carbocycles. The van der Waals surface area contributed by atoms with Crippen molar-refractivity contribution in [3.8, 4) is 5.75 Å². The number of methoxy groups -OCH3 is 1. The maximum absolute atomic E-state index is 13.4. The van der Waals surface area contributed by atoms with Gasteiger partial charge < -0.3 is 9.84 Å². The maximum atomic E-state index is 13.4. The van der Waals surface area contributed by atoms with Gasteiger partial charge in [0.1, 0.15) is 5.75 Å². The van der Waals surface area contributed by atoms with Crippen LogP contribution in [0.4, 0.5) is 0 Å². The Kier molecular flexibility index (Phi) is 7.41. The minimum Gasteiger partial charge on any atom is -0.497 e. The average Bonchev–Trinajstić information content (AvgIpc) is 2.65. The van der Waals surface area contributed by atoms with Crippen LogP contribution in [0.1, 0.15) is 26.3 Å². The zero-order valence-electron chi connectivity index (χ0n) is 16.3. The van der Waals surface area contributed by atoms with Crippen molar-refractivity contribution in [1.29, 1.82) is 0 Å². The normalized spacial score (nSPS) is 13.3. The van der Waals surface area contributed by atoms with Gasteiger partial charge in [-0.25, -0.2) is 8.42 Å². The lowest BCUT2D eigenvalue weighted by Gasteiger charge is -2.33. The summed E-state index contributed by atoms with van der Waals surface area (Å²) >= 11 is 0. The minimum atomic E-state index is -3.80. The molecule has 2 rings (SSSR count). The quantitative estimate of drug-likeness (QED) is 0.712. The molecule has 147 valence electrons. The first-order chi connectivity index (χ1) is 12.8. The number of aliphatic hydroxyl groups is 1. The van der Waals surface area contributed by atoms with Crippen molar-refractivity contribution >= 4 is 10.0 Å². The van der Waals surface area contributed by atoms with Crippen molar-refractivity contribution in [2.24, 2.45) is 5.92 Å². The number of ether oxygens (including phenoxy) is 1. The third kappa shape index (κ3) is 5.54. The lowest BCUT2D eigenvalue weighted by Crippen LogP contribution is -2.43. The lowest BCUT2D eigenvalue weighted by molar-refractivity contribution is 0.157. The molecule has 0 aliphatic carbocycles. The Balaban J connectivity index is 2.43. The molecule has 0 amide bonds. The van der Waals surface area contributed by atoms with E-state index in [1.807, 2.05) is 44.2 Å². The van der Waals surface area contributed by atoms with Gasteiger partial charge >= 0.3 is 0 Å². The van der Waals surface area contributed by atoms with Crippen molar-refractivity contribution in [2.45, 2.75) is 38.2 Å². The predicted octanol–water partition coefficient (Wildman–Crippen LogP) is 3.50. The highest BCUT2D eigenvalue weighted by Gasteiger charge is 2.35. The molecule has 0 aliphatic heterocycles. The highest BCUT2D eigenvalue weighted by Crippen LogP contribution is 2.29. The molecule has 27 heavy (non-hydrogen) atoms. The van der Waals surface area contributed by atoms with Gasteiger partial charge in [0.2, 0.25) is 10.0 Å². The number of rotatable bonds is 9. The Morgan fingerprint density at radius 1 is 1.04 bits per heavy atom. The zero-order valence-corrected chi connectivity index (χ0v) is 17.1. The van der Waals surface area contributed by atoms with Crippen LogP contribution in [0.3, 0.4) is 0 Å². The molecule has 0 fully saturated rings. The maximum Gasteiger partial charge on any atom is 0.243 e. The number of nitrogens with zero attached hydrogens (tertiary/aromatic N) is 1. The molecule has 0 aromatic heterocycles. The fraction of sp³-hybridized carbons (Fsp3) is 0.381. The largest absolute Gasteiger partial charge is 0.497 e. The topological polar surface area (TPSA) is 66.8 Å². The molecule has 1 N–H and O–H groups in total. The van der Waals surface area contributed by atoms with Gasteiger partial charge in [0, 0.05) is 6.54 Å². The fourth-order valence-electron chi connectivity index (χ4n) is 2.83. The molecule has 0 heterocycles. The smallest absolute Gasteiger partial charge is 0.243 e. The molecule has 1 atom stereocenters. The number of hydrogen-bond acceptors (Lipinski definition) is 4. The molecular weight excluding hydrogens is 362 g/mol. The van der Waals surface area contributed by atoms with Gasteiger partial charge in [0.15, 0.2) is 0 Å². The van der Waals surface area contributed by atoms with Crippen LogP contribution >= 0.6 is 0 Å². The van der Waals surface area contributed by atoms with E-state index in [4.69, 9.17) is 4.74 Å². The molecule has 0 aliphatic rings. The van der Waals surface area contributed by atoms with Crippen LogP contribution in [0, 0.1) is 12.0 Å². The van der Waals surface area contributed by atoms with Gasteiger partial charge in [-0.2, -0.15) is 4.31 Å². The van der Waals surface area contributed by atoms with E-state index in [-0.39, 0.29) is 10.8 Å². The Morgan fingerprint density at radius 3 is 2.11 bits per heavy atom. The molecule has 1 radical (unpaired) electrons. The molecule has 0 unspecified atom stereocenters. The van der Waals surface area contributed by atoms with Crippen LogP contribution in [-0.2, 0) is 16.4 Å². The van der Waals surface area contributed by atoms with Gasteiger partial charge in [-0.15, -0.1) is 0 Å². The highest BCUT2D eigenvalue weighted by molar-refractivity contribution is 7.89. The van der Waals surface area contributed by atoms with Crippen LogP contribution < -0.4 is 4.74 Å². The minimum absolute atomic E-state index is 0.0996. The molecular formula is C21H28NO4S. The summed E-state index contributed by atoms with van der Waals surface area (Å²) in [4.78, 5) is 0.176. The molecule has 0 saturated heterocycles. The molecule has 0 saturated carbocycles. The van der Waals surface area contributed by atoms with Crippen LogP contribution in [0.5, 0.6) is 5.75 Å². The number of hydrogen-bond donors (Lipinski definition) is 1. The summed E-state index contributed by atoms with van der Waals surface area (Å²) < 4.78 is 33.2. The Labute approximate surface area is 162 Å². The van der Waals surface area contributed by atoms with Gasteiger partial charge in [-0.1, -0.05) is 44.2 Å². The molecule has 2 aromatic rings. The van der Waals surface area contributed by atoms with E-state index in [1.165, 1.54) is 23.5 Å². The van der Waals surface area contributed by atoms with Crippen molar-refractivity contribution in [3.05, 3.63) is 66.2 Å². The van der Waals surface area contributed by atoms with E-state index >= 15 is 0 Å². The first-order valence-electron chi connectivity index (χ1n) is 9.00. The molecule has 0 spiro atoms. The summed E-state index contributed by atoms with van der Waals surface area (Å²) in [6.07, 6.45) is -0.530. The van der Waals surface area contributed by atoms with Crippen LogP contribution in [0.2, 0.25) is 0 Å². The van der Waals surface area contributed by atoms with E-state index in [2.05, 4.69) is 0 Å². The monoisotopic (exact) mass is 390 g/mol. The van der Waals surface area contributed by atoms with Gasteiger partial charge in [0.05, 0.1) is 24.2 Å². The van der Waals surface area contributed by atoms with Crippen LogP contribution in [0.25, 0.3) is 0 Å². The van der Waals surface area contributed by atoms with E-state index in [9.17, 15) is 13.5 Å². The second kappa shape index (κ2) is 9.35. The number of sulfonamides is 1. The second-order valence-corrected chi connectivity index (χ2v) is 8.80. The van der Waals surface area contributed by atoms with E-state index in [0.717, 1.165) is 5.56 Å². The van der Waals surface area contributed by atoms with Gasteiger partial charge in [-0.05, 0) is 49.1 Å². The summed E-state index contributed by atoms with van der Waals surface area (Å²) in [7, 11) is -2.27. The number of aliphatic hydroxyl groups excluding tert-OH is 1. The summed E-state index contributed by atoms with van der Waals surface area (Å²) in [5.41, 5.74) is 0.951. The lowest BCUT2D eigenvalue weighted by atomic mass is 10.0. The van der Waals surface area contributed by atoms with Gasteiger partial charge in [0.25, 0.3) is 0 Å². The van der Waals surface area contributed by atoms with Crippen molar-refractivity contribution in [1.82, 2.24) is 4.31 Å². The first kappa shape index (κ1) is 21.4. The Hall–Kier alpha value is -1.89. The zero-order chi connectivity index (χ0) is 20.0. The number of benzene rings is 2. The molecule has 0 bridgehead atoms.